The molecule has 0 amide bonds. The third kappa shape index (κ3) is 2.20. The molecule has 0 aromatic carbocycles. The Hall–Kier alpha value is -0.0800. The van der Waals surface area contributed by atoms with Crippen molar-refractivity contribution in [1.82, 2.24) is 4.90 Å². The van der Waals surface area contributed by atoms with Gasteiger partial charge in [0.15, 0.2) is 0 Å². The van der Waals surface area contributed by atoms with Gasteiger partial charge in [0.05, 0.1) is 0 Å². The molecule has 2 rings (SSSR count). The van der Waals surface area contributed by atoms with Crippen molar-refractivity contribution < 1.29 is 0 Å². The fraction of sp³-hybridized carbons (Fsp3) is 1.00. The van der Waals surface area contributed by atoms with E-state index in [1.54, 1.807) is 0 Å². The lowest BCUT2D eigenvalue weighted by Crippen LogP contribution is -2.41. The average molecular weight is 168 g/mol. The highest BCUT2D eigenvalue weighted by molar-refractivity contribution is 4.86. The van der Waals surface area contributed by atoms with Gasteiger partial charge in [-0.2, -0.15) is 0 Å². The second-order valence-corrected chi connectivity index (χ2v) is 4.36. The van der Waals surface area contributed by atoms with E-state index in [4.69, 9.17) is 5.73 Å². The molecule has 0 radical (unpaired) electrons. The molecule has 1 heterocycles. The monoisotopic (exact) mass is 168 g/mol. The predicted octanol–water partition coefficient (Wildman–Crippen LogP) is 1.21. The van der Waals surface area contributed by atoms with Gasteiger partial charge in [0.2, 0.25) is 0 Å². The number of piperidine rings is 1. The zero-order chi connectivity index (χ0) is 8.39. The summed E-state index contributed by atoms with van der Waals surface area (Å²) in [5.41, 5.74) is 6.07. The first kappa shape index (κ1) is 8.52. The van der Waals surface area contributed by atoms with Crippen LogP contribution in [0.15, 0.2) is 0 Å². The minimum absolute atomic E-state index is 0.475. The van der Waals surface area contributed by atoms with E-state index in [1.807, 2.05) is 0 Å². The Bertz CT molecular complexity index is 137. The highest BCUT2D eigenvalue weighted by Gasteiger charge is 2.29. The molecular weight excluding hydrogens is 148 g/mol. The van der Waals surface area contributed by atoms with Crippen LogP contribution in [0.3, 0.4) is 0 Å². The molecule has 1 atom stereocenters. The molecule has 12 heavy (non-hydrogen) atoms. The molecule has 0 bridgehead atoms. The number of nitrogens with two attached hydrogens (primary N) is 1. The van der Waals surface area contributed by atoms with Crippen LogP contribution in [0, 0.1) is 5.92 Å². The van der Waals surface area contributed by atoms with Crippen molar-refractivity contribution in [3.63, 3.8) is 0 Å². The molecule has 2 heteroatoms. The van der Waals surface area contributed by atoms with Gasteiger partial charge in [-0.25, -0.2) is 0 Å². The third-order valence-electron chi connectivity index (χ3n) is 3.15. The Morgan fingerprint density at radius 1 is 1.17 bits per heavy atom. The number of nitrogens with zero attached hydrogens (tertiary/aromatic N) is 1. The van der Waals surface area contributed by atoms with Gasteiger partial charge in [-0.15, -0.1) is 0 Å². The molecular formula is C10H20N2. The lowest BCUT2D eigenvalue weighted by molar-refractivity contribution is 0.210. The summed E-state index contributed by atoms with van der Waals surface area (Å²) >= 11 is 0. The predicted molar refractivity (Wildman–Crippen MR) is 51.0 cm³/mol. The molecule has 2 nitrogen and oxygen atoms in total. The maximum absolute atomic E-state index is 6.07. The van der Waals surface area contributed by atoms with Gasteiger partial charge in [0, 0.05) is 12.6 Å². The van der Waals surface area contributed by atoms with E-state index in [2.05, 4.69) is 4.90 Å². The van der Waals surface area contributed by atoms with Crippen LogP contribution < -0.4 is 5.73 Å². The molecule has 2 fully saturated rings. The maximum Gasteiger partial charge on any atom is 0.0196 e. The smallest absolute Gasteiger partial charge is 0.0196 e. The SMILES string of the molecule is N[C@@H](CN1CCCCC1)C1CC1. The normalized spacial score (nSPS) is 28.8. The first-order chi connectivity index (χ1) is 5.86. The molecule has 0 aromatic rings. The van der Waals surface area contributed by atoms with Crippen molar-refractivity contribution in [1.29, 1.82) is 0 Å². The summed E-state index contributed by atoms with van der Waals surface area (Å²) in [6.45, 7) is 3.74. The van der Waals surface area contributed by atoms with E-state index in [1.165, 1.54) is 45.2 Å². The number of hydrogen-bond donors (Lipinski definition) is 1. The summed E-state index contributed by atoms with van der Waals surface area (Å²) in [5, 5.41) is 0. The number of rotatable bonds is 3. The Kier molecular flexibility index (Phi) is 2.66. The summed E-state index contributed by atoms with van der Waals surface area (Å²) in [4.78, 5) is 2.55. The summed E-state index contributed by atoms with van der Waals surface area (Å²) in [5.74, 6) is 0.868. The average Bonchev–Trinajstić information content (AvgIpc) is 2.88. The molecule has 0 spiro atoms. The zero-order valence-corrected chi connectivity index (χ0v) is 7.84. The fourth-order valence-corrected chi connectivity index (χ4v) is 2.11. The van der Waals surface area contributed by atoms with E-state index < -0.39 is 0 Å². The largest absolute Gasteiger partial charge is 0.326 e. The Labute approximate surface area is 75.1 Å². The number of likely N-dealkylation sites (tertiary alicyclic amines) is 1. The molecule has 0 aromatic heterocycles. The maximum atomic E-state index is 6.07. The molecule has 70 valence electrons. The minimum Gasteiger partial charge on any atom is -0.326 e. The Morgan fingerprint density at radius 2 is 1.83 bits per heavy atom. The summed E-state index contributed by atoms with van der Waals surface area (Å²) in [6, 6.07) is 0.475. The first-order valence-corrected chi connectivity index (χ1v) is 5.34. The van der Waals surface area contributed by atoms with Crippen molar-refractivity contribution in [2.75, 3.05) is 19.6 Å². The molecule has 1 aliphatic carbocycles. The summed E-state index contributed by atoms with van der Waals surface area (Å²) in [6.07, 6.45) is 6.97. The van der Waals surface area contributed by atoms with Gasteiger partial charge < -0.3 is 10.6 Å². The van der Waals surface area contributed by atoms with Crippen molar-refractivity contribution in [3.8, 4) is 0 Å². The van der Waals surface area contributed by atoms with Gasteiger partial charge in [-0.3, -0.25) is 0 Å². The Balaban J connectivity index is 1.69. The second kappa shape index (κ2) is 3.75. The molecule has 2 aliphatic rings. The van der Waals surface area contributed by atoms with Gasteiger partial charge in [-0.05, 0) is 44.7 Å². The summed E-state index contributed by atoms with van der Waals surface area (Å²) < 4.78 is 0. The van der Waals surface area contributed by atoms with E-state index >= 15 is 0 Å². The lowest BCUT2D eigenvalue weighted by Gasteiger charge is -2.28. The van der Waals surface area contributed by atoms with Crippen LogP contribution in [-0.2, 0) is 0 Å². The lowest BCUT2D eigenvalue weighted by atomic mass is 10.1. The minimum atomic E-state index is 0.475. The van der Waals surface area contributed by atoms with Crippen LogP contribution in [0.2, 0.25) is 0 Å². The van der Waals surface area contributed by atoms with Crippen LogP contribution in [-0.4, -0.2) is 30.6 Å². The fourth-order valence-electron chi connectivity index (χ4n) is 2.11. The van der Waals surface area contributed by atoms with Gasteiger partial charge in [0.25, 0.3) is 0 Å². The van der Waals surface area contributed by atoms with Crippen molar-refractivity contribution in [2.45, 2.75) is 38.1 Å². The van der Waals surface area contributed by atoms with Crippen LogP contribution >= 0.6 is 0 Å². The number of hydrogen-bond acceptors (Lipinski definition) is 2. The molecule has 1 saturated heterocycles. The molecule has 1 aliphatic heterocycles. The van der Waals surface area contributed by atoms with Crippen molar-refractivity contribution in [3.05, 3.63) is 0 Å². The van der Waals surface area contributed by atoms with Crippen LogP contribution in [0.25, 0.3) is 0 Å². The van der Waals surface area contributed by atoms with Crippen molar-refractivity contribution in [2.24, 2.45) is 11.7 Å². The van der Waals surface area contributed by atoms with Crippen molar-refractivity contribution >= 4 is 0 Å². The molecule has 2 N–H and O–H groups in total. The van der Waals surface area contributed by atoms with E-state index in [-0.39, 0.29) is 0 Å². The zero-order valence-electron chi connectivity index (χ0n) is 7.84. The van der Waals surface area contributed by atoms with Crippen LogP contribution in [0.4, 0.5) is 0 Å². The van der Waals surface area contributed by atoms with Gasteiger partial charge >= 0.3 is 0 Å². The first-order valence-electron chi connectivity index (χ1n) is 5.34. The standard InChI is InChI=1S/C10H20N2/c11-10(9-4-5-9)8-12-6-2-1-3-7-12/h9-10H,1-8,11H2/t10-/m0/s1. The topological polar surface area (TPSA) is 29.3 Å². The highest BCUT2D eigenvalue weighted by atomic mass is 15.1. The van der Waals surface area contributed by atoms with Gasteiger partial charge in [0.1, 0.15) is 0 Å². The van der Waals surface area contributed by atoms with E-state index in [0.29, 0.717) is 6.04 Å². The van der Waals surface area contributed by atoms with Crippen LogP contribution in [0.1, 0.15) is 32.1 Å². The van der Waals surface area contributed by atoms with E-state index in [0.717, 1.165) is 12.5 Å². The quantitative estimate of drug-likeness (QED) is 0.686. The van der Waals surface area contributed by atoms with Crippen LogP contribution in [0.5, 0.6) is 0 Å². The highest BCUT2D eigenvalue weighted by Crippen LogP contribution is 2.32. The summed E-state index contributed by atoms with van der Waals surface area (Å²) in [7, 11) is 0. The second-order valence-electron chi connectivity index (χ2n) is 4.36. The molecule has 1 saturated carbocycles. The molecule has 0 unspecified atom stereocenters. The van der Waals surface area contributed by atoms with Gasteiger partial charge in [-0.1, -0.05) is 6.42 Å². The van der Waals surface area contributed by atoms with E-state index in [9.17, 15) is 0 Å². The third-order valence-corrected chi connectivity index (χ3v) is 3.15. The Morgan fingerprint density at radius 3 is 2.42 bits per heavy atom.